The zero-order chi connectivity index (χ0) is 13.7. The lowest BCUT2D eigenvalue weighted by molar-refractivity contribution is -0.114. The molecule has 1 heterocycles. The Morgan fingerprint density at radius 1 is 1.26 bits per heavy atom. The van der Waals surface area contributed by atoms with Crippen LogP contribution in [0.3, 0.4) is 0 Å². The number of nitrogens with one attached hydrogen (secondary N) is 1. The zero-order valence-corrected chi connectivity index (χ0v) is 11.7. The number of anilines is 1. The Balaban J connectivity index is 1.90. The van der Waals surface area contributed by atoms with Crippen LogP contribution < -0.4 is 11.1 Å². The molecular formula is C14H17N3OS. The minimum absolute atomic E-state index is 0.0849. The molecule has 0 unspecified atom stereocenters. The van der Waals surface area contributed by atoms with Crippen LogP contribution in [0.1, 0.15) is 23.7 Å². The SMILES string of the molecule is CC(=O)Nc1nc(CCc2ccc(CN)cc2)cs1. The number of benzene rings is 1. The third-order valence-corrected chi connectivity index (χ3v) is 3.57. The van der Waals surface area contributed by atoms with Crippen molar-refractivity contribution in [2.45, 2.75) is 26.3 Å². The number of amides is 1. The van der Waals surface area contributed by atoms with Crippen LogP contribution in [0, 0.1) is 0 Å². The normalized spacial score (nSPS) is 10.4. The number of nitrogens with zero attached hydrogens (tertiary/aromatic N) is 1. The van der Waals surface area contributed by atoms with E-state index in [0.29, 0.717) is 11.7 Å². The first kappa shape index (κ1) is 13.7. The van der Waals surface area contributed by atoms with Crippen molar-refractivity contribution >= 4 is 22.4 Å². The Bertz CT molecular complexity index is 548. The molecule has 0 aliphatic carbocycles. The van der Waals surface area contributed by atoms with E-state index in [1.807, 2.05) is 5.38 Å². The highest BCUT2D eigenvalue weighted by Crippen LogP contribution is 2.17. The van der Waals surface area contributed by atoms with Gasteiger partial charge in [0, 0.05) is 18.8 Å². The minimum atomic E-state index is -0.0849. The maximum atomic E-state index is 10.9. The van der Waals surface area contributed by atoms with Gasteiger partial charge < -0.3 is 11.1 Å². The van der Waals surface area contributed by atoms with E-state index in [0.717, 1.165) is 24.1 Å². The standard InChI is InChI=1S/C14H17N3OS/c1-10(18)16-14-17-13(9-19-14)7-6-11-2-4-12(8-15)5-3-11/h2-5,9H,6-8,15H2,1H3,(H,16,17,18). The molecule has 1 amide bonds. The van der Waals surface area contributed by atoms with Crippen LogP contribution >= 0.6 is 11.3 Å². The summed E-state index contributed by atoms with van der Waals surface area (Å²) in [6.45, 7) is 2.06. The summed E-state index contributed by atoms with van der Waals surface area (Å²) in [6, 6.07) is 8.31. The van der Waals surface area contributed by atoms with Crippen LogP contribution in [0.15, 0.2) is 29.6 Å². The van der Waals surface area contributed by atoms with Crippen LogP contribution in [-0.4, -0.2) is 10.9 Å². The number of aromatic nitrogens is 1. The summed E-state index contributed by atoms with van der Waals surface area (Å²) in [7, 11) is 0. The van der Waals surface area contributed by atoms with Crippen molar-refractivity contribution in [1.82, 2.24) is 4.98 Å². The molecule has 0 fully saturated rings. The van der Waals surface area contributed by atoms with E-state index in [2.05, 4.69) is 34.6 Å². The molecule has 5 heteroatoms. The van der Waals surface area contributed by atoms with Crippen LogP contribution in [0.4, 0.5) is 5.13 Å². The molecule has 0 radical (unpaired) electrons. The maximum absolute atomic E-state index is 10.9. The molecular weight excluding hydrogens is 258 g/mol. The van der Waals surface area contributed by atoms with Crippen LogP contribution in [0.25, 0.3) is 0 Å². The van der Waals surface area contributed by atoms with Crippen LogP contribution in [0.5, 0.6) is 0 Å². The molecule has 19 heavy (non-hydrogen) atoms. The fourth-order valence-electron chi connectivity index (χ4n) is 1.74. The predicted octanol–water partition coefficient (Wildman–Crippen LogP) is 2.35. The van der Waals surface area contributed by atoms with Crippen molar-refractivity contribution in [3.8, 4) is 0 Å². The van der Waals surface area contributed by atoms with Gasteiger partial charge in [-0.05, 0) is 24.0 Å². The van der Waals surface area contributed by atoms with Gasteiger partial charge in [0.1, 0.15) is 0 Å². The number of hydrogen-bond acceptors (Lipinski definition) is 4. The van der Waals surface area contributed by atoms with E-state index in [1.54, 1.807) is 0 Å². The summed E-state index contributed by atoms with van der Waals surface area (Å²) >= 11 is 1.46. The highest BCUT2D eigenvalue weighted by molar-refractivity contribution is 7.13. The zero-order valence-electron chi connectivity index (χ0n) is 10.8. The monoisotopic (exact) mass is 275 g/mol. The first-order valence-corrected chi connectivity index (χ1v) is 7.05. The van der Waals surface area contributed by atoms with Crippen LogP contribution in [-0.2, 0) is 24.2 Å². The predicted molar refractivity (Wildman–Crippen MR) is 78.2 cm³/mol. The highest BCUT2D eigenvalue weighted by atomic mass is 32.1. The Morgan fingerprint density at radius 3 is 2.58 bits per heavy atom. The molecule has 2 rings (SSSR count). The molecule has 0 atom stereocenters. The first-order chi connectivity index (χ1) is 9.17. The Hall–Kier alpha value is -1.72. The van der Waals surface area contributed by atoms with Gasteiger partial charge in [-0.1, -0.05) is 24.3 Å². The van der Waals surface area contributed by atoms with Gasteiger partial charge in [-0.25, -0.2) is 4.98 Å². The van der Waals surface area contributed by atoms with Gasteiger partial charge in [0.2, 0.25) is 5.91 Å². The second-order valence-electron chi connectivity index (χ2n) is 4.35. The van der Waals surface area contributed by atoms with E-state index in [1.165, 1.54) is 23.8 Å². The Kier molecular flexibility index (Phi) is 4.65. The summed E-state index contributed by atoms with van der Waals surface area (Å²) in [6.07, 6.45) is 1.81. The highest BCUT2D eigenvalue weighted by Gasteiger charge is 2.03. The summed E-state index contributed by atoms with van der Waals surface area (Å²) in [5.74, 6) is -0.0849. The smallest absolute Gasteiger partial charge is 0.223 e. The molecule has 3 N–H and O–H groups in total. The number of nitrogens with two attached hydrogens (primary N) is 1. The maximum Gasteiger partial charge on any atom is 0.223 e. The number of thiazole rings is 1. The van der Waals surface area contributed by atoms with Crippen molar-refractivity contribution in [3.63, 3.8) is 0 Å². The van der Waals surface area contributed by atoms with Gasteiger partial charge in [-0.3, -0.25) is 4.79 Å². The van der Waals surface area contributed by atoms with Crippen LogP contribution in [0.2, 0.25) is 0 Å². The average Bonchev–Trinajstić information content (AvgIpc) is 2.84. The molecule has 0 aliphatic rings. The van der Waals surface area contributed by atoms with Gasteiger partial charge in [-0.15, -0.1) is 11.3 Å². The largest absolute Gasteiger partial charge is 0.326 e. The van der Waals surface area contributed by atoms with Gasteiger partial charge in [0.15, 0.2) is 5.13 Å². The van der Waals surface area contributed by atoms with Gasteiger partial charge in [0.25, 0.3) is 0 Å². The number of carbonyl (C=O) groups excluding carboxylic acids is 1. The number of carbonyl (C=O) groups is 1. The average molecular weight is 275 g/mol. The third-order valence-electron chi connectivity index (χ3n) is 2.76. The molecule has 1 aromatic heterocycles. The fourth-order valence-corrected chi connectivity index (χ4v) is 2.54. The number of aryl methyl sites for hydroxylation is 2. The van der Waals surface area contributed by atoms with Crippen molar-refractivity contribution in [2.75, 3.05) is 5.32 Å². The topological polar surface area (TPSA) is 68.0 Å². The lowest BCUT2D eigenvalue weighted by Gasteiger charge is -2.01. The summed E-state index contributed by atoms with van der Waals surface area (Å²) in [4.78, 5) is 15.3. The molecule has 1 aromatic carbocycles. The fraction of sp³-hybridized carbons (Fsp3) is 0.286. The minimum Gasteiger partial charge on any atom is -0.326 e. The molecule has 2 aromatic rings. The summed E-state index contributed by atoms with van der Waals surface area (Å²) in [5, 5.41) is 5.35. The second kappa shape index (κ2) is 6.45. The lowest BCUT2D eigenvalue weighted by Crippen LogP contribution is -2.05. The van der Waals surface area contributed by atoms with Crippen molar-refractivity contribution in [1.29, 1.82) is 0 Å². The quantitative estimate of drug-likeness (QED) is 0.880. The summed E-state index contributed by atoms with van der Waals surface area (Å²) in [5.41, 5.74) is 8.99. The van der Waals surface area contributed by atoms with E-state index in [4.69, 9.17) is 5.73 Å². The van der Waals surface area contributed by atoms with Gasteiger partial charge >= 0.3 is 0 Å². The summed E-state index contributed by atoms with van der Waals surface area (Å²) < 4.78 is 0. The second-order valence-corrected chi connectivity index (χ2v) is 5.20. The van der Waals surface area contributed by atoms with Gasteiger partial charge in [0.05, 0.1) is 5.69 Å². The molecule has 100 valence electrons. The van der Waals surface area contributed by atoms with E-state index in [9.17, 15) is 4.79 Å². The molecule has 0 aliphatic heterocycles. The van der Waals surface area contributed by atoms with E-state index < -0.39 is 0 Å². The Morgan fingerprint density at radius 2 is 1.95 bits per heavy atom. The molecule has 0 bridgehead atoms. The Labute approximate surface area is 116 Å². The van der Waals surface area contributed by atoms with E-state index >= 15 is 0 Å². The lowest BCUT2D eigenvalue weighted by atomic mass is 10.1. The number of hydrogen-bond donors (Lipinski definition) is 2. The number of rotatable bonds is 5. The third kappa shape index (κ3) is 4.15. The first-order valence-electron chi connectivity index (χ1n) is 6.17. The molecule has 4 nitrogen and oxygen atoms in total. The van der Waals surface area contributed by atoms with Crippen molar-refractivity contribution in [3.05, 3.63) is 46.5 Å². The molecule has 0 saturated carbocycles. The van der Waals surface area contributed by atoms with Crippen molar-refractivity contribution in [2.24, 2.45) is 5.73 Å². The van der Waals surface area contributed by atoms with Crippen molar-refractivity contribution < 1.29 is 4.79 Å². The van der Waals surface area contributed by atoms with Gasteiger partial charge in [-0.2, -0.15) is 0 Å². The van der Waals surface area contributed by atoms with E-state index in [-0.39, 0.29) is 5.91 Å². The molecule has 0 saturated heterocycles. The molecule has 0 spiro atoms.